The highest BCUT2D eigenvalue weighted by Crippen LogP contribution is 1.80. The van der Waals surface area contributed by atoms with Crippen LogP contribution in [0.3, 0.4) is 0 Å². The number of quaternary nitrogens is 2. The molecule has 6 N–H and O–H groups in total. The van der Waals surface area contributed by atoms with Crippen molar-refractivity contribution in [1.82, 2.24) is 0 Å². The quantitative estimate of drug-likeness (QED) is 0.612. The first-order chi connectivity index (χ1) is 8.84. The van der Waals surface area contributed by atoms with E-state index in [2.05, 4.69) is 39.2 Å². The number of hydrogen-bond acceptors (Lipinski definition) is 2. The molecule has 4 nitrogen and oxygen atoms in total. The van der Waals surface area contributed by atoms with Crippen LogP contribution in [0, 0.1) is 11.8 Å². The Labute approximate surface area is 118 Å². The average molecular weight is 268 g/mol. The van der Waals surface area contributed by atoms with E-state index < -0.39 is 7.12 Å². The van der Waals surface area contributed by atoms with E-state index in [1.165, 1.54) is 12.1 Å². The molecule has 110 valence electrons. The molecule has 5 heteroatoms. The maximum atomic E-state index is 10.2. The Hall–Kier alpha value is -0.875. The van der Waals surface area contributed by atoms with Crippen molar-refractivity contribution in [2.75, 3.05) is 13.1 Å². The standard InChI is InChI=1S/C6H5BO2.2C4H11N/c8-7(9)6-4-2-1-3-5-6;2*1-4(2)3-5/h1-5H;2*4H,3,5H2,1-2H3/q-2;;/p+2. The third-order valence-corrected chi connectivity index (χ3v) is 2.23. The predicted octanol–water partition coefficient (Wildman–Crippen LogP) is -2.13. The van der Waals surface area contributed by atoms with Crippen molar-refractivity contribution in [1.29, 1.82) is 0 Å². The first-order valence-corrected chi connectivity index (χ1v) is 6.80. The summed E-state index contributed by atoms with van der Waals surface area (Å²) < 4.78 is 0. The Morgan fingerprint density at radius 1 is 0.895 bits per heavy atom. The smallest absolute Gasteiger partial charge is 0.0763 e. The minimum atomic E-state index is -1.84. The van der Waals surface area contributed by atoms with Gasteiger partial charge in [-0.1, -0.05) is 65.1 Å². The molecule has 0 heterocycles. The lowest BCUT2D eigenvalue weighted by Crippen LogP contribution is -2.54. The van der Waals surface area contributed by atoms with Gasteiger partial charge >= 0.3 is 0 Å². The number of rotatable bonds is 3. The van der Waals surface area contributed by atoms with Crippen molar-refractivity contribution in [3.63, 3.8) is 0 Å². The molecular formula is C14H29BN2O2. The van der Waals surface area contributed by atoms with Crippen molar-refractivity contribution >= 4 is 12.6 Å². The first-order valence-electron chi connectivity index (χ1n) is 6.80. The maximum absolute atomic E-state index is 10.2. The van der Waals surface area contributed by atoms with Crippen molar-refractivity contribution in [2.45, 2.75) is 27.7 Å². The van der Waals surface area contributed by atoms with E-state index in [1.807, 2.05) is 0 Å². The van der Waals surface area contributed by atoms with Crippen LogP contribution in [0.25, 0.3) is 0 Å². The summed E-state index contributed by atoms with van der Waals surface area (Å²) >= 11 is 0. The molecule has 0 radical (unpaired) electrons. The van der Waals surface area contributed by atoms with E-state index in [0.717, 1.165) is 24.9 Å². The minimum Gasteiger partial charge on any atom is -0.889 e. The highest BCUT2D eigenvalue weighted by molar-refractivity contribution is 6.55. The van der Waals surface area contributed by atoms with Crippen molar-refractivity contribution < 1.29 is 21.5 Å². The van der Waals surface area contributed by atoms with Gasteiger partial charge in [-0.05, 0) is 0 Å². The van der Waals surface area contributed by atoms with Crippen molar-refractivity contribution in [2.24, 2.45) is 11.8 Å². The number of benzene rings is 1. The van der Waals surface area contributed by atoms with Gasteiger partial charge in [-0.2, -0.15) is 0 Å². The molecule has 0 bridgehead atoms. The zero-order valence-corrected chi connectivity index (χ0v) is 12.8. The molecular weight excluding hydrogens is 239 g/mol. The fourth-order valence-electron chi connectivity index (χ4n) is 0.610. The first kappa shape index (κ1) is 20.4. The van der Waals surface area contributed by atoms with Gasteiger partial charge in [0.25, 0.3) is 0 Å². The number of hydrogen-bond donors (Lipinski definition) is 2. The van der Waals surface area contributed by atoms with E-state index >= 15 is 0 Å². The van der Waals surface area contributed by atoms with Crippen LogP contribution >= 0.6 is 0 Å². The van der Waals surface area contributed by atoms with Gasteiger partial charge in [-0.25, -0.2) is 0 Å². The highest BCUT2D eigenvalue weighted by atomic mass is 16.4. The lowest BCUT2D eigenvalue weighted by molar-refractivity contribution is -0.377. The van der Waals surface area contributed by atoms with Crippen LogP contribution in [0.4, 0.5) is 0 Å². The summed E-state index contributed by atoms with van der Waals surface area (Å²) in [4.78, 5) is 0. The van der Waals surface area contributed by atoms with Crippen LogP contribution in [0.2, 0.25) is 0 Å². The molecule has 0 saturated heterocycles. The second-order valence-corrected chi connectivity index (χ2v) is 5.11. The third-order valence-electron chi connectivity index (χ3n) is 2.23. The fraction of sp³-hybridized carbons (Fsp3) is 0.571. The summed E-state index contributed by atoms with van der Waals surface area (Å²) in [5.74, 6) is 1.55. The molecule has 0 aliphatic heterocycles. The van der Waals surface area contributed by atoms with Crippen LogP contribution in [0.1, 0.15) is 27.7 Å². The third kappa shape index (κ3) is 17.1. The van der Waals surface area contributed by atoms with E-state index in [-0.39, 0.29) is 0 Å². The lowest BCUT2D eigenvalue weighted by atomic mass is 9.81. The molecule has 19 heavy (non-hydrogen) atoms. The van der Waals surface area contributed by atoms with Crippen molar-refractivity contribution in [3.8, 4) is 0 Å². The average Bonchev–Trinajstić information content (AvgIpc) is 2.41. The molecule has 1 rings (SSSR count). The largest absolute Gasteiger partial charge is 0.889 e. The summed E-state index contributed by atoms with van der Waals surface area (Å²) in [6.07, 6.45) is 0. The van der Waals surface area contributed by atoms with E-state index in [1.54, 1.807) is 18.2 Å². The lowest BCUT2D eigenvalue weighted by Gasteiger charge is -2.26. The van der Waals surface area contributed by atoms with Crippen LogP contribution in [-0.2, 0) is 0 Å². The predicted molar refractivity (Wildman–Crippen MR) is 77.0 cm³/mol. The van der Waals surface area contributed by atoms with Gasteiger partial charge in [0.15, 0.2) is 0 Å². The van der Waals surface area contributed by atoms with Crippen LogP contribution in [-0.4, -0.2) is 20.2 Å². The van der Waals surface area contributed by atoms with Gasteiger partial charge < -0.3 is 21.5 Å². The monoisotopic (exact) mass is 268 g/mol. The van der Waals surface area contributed by atoms with Gasteiger partial charge in [0, 0.05) is 11.8 Å². The Morgan fingerprint density at radius 3 is 1.37 bits per heavy atom. The summed E-state index contributed by atoms with van der Waals surface area (Å²) in [5.41, 5.74) is 7.67. The van der Waals surface area contributed by atoms with Gasteiger partial charge in [0.2, 0.25) is 0 Å². The van der Waals surface area contributed by atoms with Gasteiger partial charge in [-0.3, -0.25) is 0 Å². The molecule has 1 aromatic carbocycles. The van der Waals surface area contributed by atoms with Gasteiger partial charge in [0.1, 0.15) is 0 Å². The topological polar surface area (TPSA) is 101 Å². The second kappa shape index (κ2) is 13.6. The minimum absolute atomic E-state index is 0.303. The van der Waals surface area contributed by atoms with Gasteiger partial charge in [0.05, 0.1) is 13.1 Å². The fourth-order valence-corrected chi connectivity index (χ4v) is 0.610. The van der Waals surface area contributed by atoms with Gasteiger partial charge in [-0.15, -0.1) is 5.46 Å². The second-order valence-electron chi connectivity index (χ2n) is 5.11. The molecule has 0 saturated carbocycles. The molecule has 0 aliphatic rings. The molecule has 0 atom stereocenters. The van der Waals surface area contributed by atoms with E-state index in [0.29, 0.717) is 5.46 Å². The summed E-state index contributed by atoms with van der Waals surface area (Å²) in [7, 11) is -1.84. The highest BCUT2D eigenvalue weighted by Gasteiger charge is 1.84. The van der Waals surface area contributed by atoms with Crippen LogP contribution in [0.5, 0.6) is 0 Å². The molecule has 0 spiro atoms. The molecule has 0 unspecified atom stereocenters. The van der Waals surface area contributed by atoms with Crippen molar-refractivity contribution in [3.05, 3.63) is 30.3 Å². The van der Waals surface area contributed by atoms with E-state index in [9.17, 15) is 10.0 Å². The SMILES string of the molecule is CC(C)C[NH3+].CC(C)C[NH3+].[O-]B([O-])c1ccccc1. The Balaban J connectivity index is 0. The van der Waals surface area contributed by atoms with Crippen LogP contribution < -0.4 is 27.0 Å². The zero-order valence-electron chi connectivity index (χ0n) is 12.8. The summed E-state index contributed by atoms with van der Waals surface area (Å²) in [6.45, 7) is 10.8. The summed E-state index contributed by atoms with van der Waals surface area (Å²) in [5, 5.41) is 20.3. The zero-order chi connectivity index (χ0) is 15.3. The molecule has 0 amide bonds. The molecule has 0 aliphatic carbocycles. The molecule has 1 aromatic rings. The maximum Gasteiger partial charge on any atom is 0.0763 e. The molecule has 0 aromatic heterocycles. The van der Waals surface area contributed by atoms with E-state index in [4.69, 9.17) is 0 Å². The normalized spacial score (nSPS) is 9.37. The molecule has 0 fully saturated rings. The Morgan fingerprint density at radius 2 is 1.21 bits per heavy atom. The van der Waals surface area contributed by atoms with Crippen LogP contribution in [0.15, 0.2) is 30.3 Å². The Bertz CT molecular complexity index is 272. The Kier molecular flexibility index (Phi) is 14.6. The summed E-state index contributed by atoms with van der Waals surface area (Å²) in [6, 6.07) is 8.19.